The predicted molar refractivity (Wildman–Crippen MR) is 60.8 cm³/mol. The van der Waals surface area contributed by atoms with E-state index < -0.39 is 0 Å². The van der Waals surface area contributed by atoms with Gasteiger partial charge in [-0.15, -0.1) is 0 Å². The molecule has 0 saturated heterocycles. The van der Waals surface area contributed by atoms with Crippen LogP contribution in [0, 0.1) is 0 Å². The number of rotatable bonds is 8. The van der Waals surface area contributed by atoms with Gasteiger partial charge >= 0.3 is 0 Å². The summed E-state index contributed by atoms with van der Waals surface area (Å²) in [6.07, 6.45) is 13.2. The van der Waals surface area contributed by atoms with Crippen LogP contribution in [0.3, 0.4) is 0 Å². The third-order valence-corrected chi connectivity index (χ3v) is 2.37. The van der Waals surface area contributed by atoms with Gasteiger partial charge in [-0.3, -0.25) is 0 Å². The van der Waals surface area contributed by atoms with Crippen LogP contribution in [0.4, 0.5) is 0 Å². The van der Waals surface area contributed by atoms with Crippen LogP contribution >= 0.6 is 0 Å². The normalized spacial score (nSPS) is 13.8. The lowest BCUT2D eigenvalue weighted by Crippen LogP contribution is -2.17. The van der Waals surface area contributed by atoms with E-state index in [1.54, 1.807) is 0 Å². The monoisotopic (exact) mass is 183 g/mol. The van der Waals surface area contributed by atoms with Crippen molar-refractivity contribution >= 4 is 0 Å². The smallest absolute Gasteiger partial charge is 0.00362 e. The molecule has 0 rings (SSSR count). The highest BCUT2D eigenvalue weighted by molar-refractivity contribution is 4.79. The molecule has 0 bridgehead atoms. The fraction of sp³-hybridized carbons (Fsp3) is 0.833. The van der Waals surface area contributed by atoms with Crippen molar-refractivity contribution in [2.24, 2.45) is 5.73 Å². The summed E-state index contributed by atoms with van der Waals surface area (Å²) < 4.78 is 0. The molecule has 1 atom stereocenters. The topological polar surface area (TPSA) is 26.0 Å². The Morgan fingerprint density at radius 1 is 1.08 bits per heavy atom. The molecule has 1 nitrogen and oxygen atoms in total. The molecule has 0 spiro atoms. The van der Waals surface area contributed by atoms with Gasteiger partial charge in [0.1, 0.15) is 0 Å². The van der Waals surface area contributed by atoms with Gasteiger partial charge < -0.3 is 5.73 Å². The minimum absolute atomic E-state index is 0.436. The third kappa shape index (κ3) is 9.62. The fourth-order valence-corrected chi connectivity index (χ4v) is 1.33. The first-order valence-corrected chi connectivity index (χ1v) is 5.71. The highest BCUT2D eigenvalue weighted by atomic mass is 14.6. The molecule has 2 N–H and O–H groups in total. The summed E-state index contributed by atoms with van der Waals surface area (Å²) in [5.41, 5.74) is 5.82. The first-order valence-electron chi connectivity index (χ1n) is 5.71. The highest BCUT2D eigenvalue weighted by Gasteiger charge is 1.97. The number of hydrogen-bond acceptors (Lipinski definition) is 1. The van der Waals surface area contributed by atoms with Crippen LogP contribution in [-0.4, -0.2) is 6.04 Å². The number of hydrogen-bond donors (Lipinski definition) is 1. The summed E-state index contributed by atoms with van der Waals surface area (Å²) in [7, 11) is 0. The van der Waals surface area contributed by atoms with Crippen LogP contribution < -0.4 is 5.73 Å². The van der Waals surface area contributed by atoms with Gasteiger partial charge in [-0.05, 0) is 32.1 Å². The van der Waals surface area contributed by atoms with Crippen LogP contribution in [0.1, 0.15) is 58.8 Å². The molecule has 78 valence electrons. The van der Waals surface area contributed by atoms with Gasteiger partial charge in [0.25, 0.3) is 0 Å². The van der Waals surface area contributed by atoms with E-state index in [4.69, 9.17) is 5.73 Å². The molecule has 0 saturated carbocycles. The quantitative estimate of drug-likeness (QED) is 0.451. The maximum Gasteiger partial charge on any atom is 0.00362 e. The van der Waals surface area contributed by atoms with E-state index >= 15 is 0 Å². The van der Waals surface area contributed by atoms with Gasteiger partial charge in [0.05, 0.1) is 0 Å². The molecular formula is C12H25N. The molecule has 13 heavy (non-hydrogen) atoms. The van der Waals surface area contributed by atoms with E-state index in [1.165, 1.54) is 38.5 Å². The molecule has 0 aromatic carbocycles. The average molecular weight is 183 g/mol. The van der Waals surface area contributed by atoms with E-state index in [2.05, 4.69) is 26.0 Å². The van der Waals surface area contributed by atoms with Crippen LogP contribution in [0.2, 0.25) is 0 Å². The SMILES string of the molecule is CC/C=C\CCCCCC(N)CC. The molecule has 1 heteroatoms. The van der Waals surface area contributed by atoms with Crippen molar-refractivity contribution in [1.29, 1.82) is 0 Å². The molecule has 0 aromatic heterocycles. The van der Waals surface area contributed by atoms with Crippen LogP contribution in [-0.2, 0) is 0 Å². The zero-order valence-corrected chi connectivity index (χ0v) is 9.26. The van der Waals surface area contributed by atoms with E-state index in [0.717, 1.165) is 6.42 Å². The summed E-state index contributed by atoms with van der Waals surface area (Å²) in [4.78, 5) is 0. The third-order valence-electron chi connectivity index (χ3n) is 2.37. The second kappa shape index (κ2) is 9.79. The Hall–Kier alpha value is -0.300. The van der Waals surface area contributed by atoms with Crippen molar-refractivity contribution < 1.29 is 0 Å². The summed E-state index contributed by atoms with van der Waals surface area (Å²) in [6, 6.07) is 0.436. The van der Waals surface area contributed by atoms with Crippen molar-refractivity contribution in [2.45, 2.75) is 64.8 Å². The molecule has 1 unspecified atom stereocenters. The second-order valence-electron chi connectivity index (χ2n) is 3.69. The van der Waals surface area contributed by atoms with Crippen LogP contribution in [0.5, 0.6) is 0 Å². The summed E-state index contributed by atoms with van der Waals surface area (Å²) >= 11 is 0. The Morgan fingerprint density at radius 2 is 1.85 bits per heavy atom. The summed E-state index contributed by atoms with van der Waals surface area (Å²) in [5, 5.41) is 0. The van der Waals surface area contributed by atoms with E-state index in [0.29, 0.717) is 6.04 Å². The first kappa shape index (κ1) is 12.7. The minimum Gasteiger partial charge on any atom is -0.328 e. The molecule has 0 radical (unpaired) electrons. The molecule has 0 aliphatic heterocycles. The number of unbranched alkanes of at least 4 members (excludes halogenated alkanes) is 3. The lowest BCUT2D eigenvalue weighted by Gasteiger charge is -2.06. The molecule has 0 aliphatic carbocycles. The highest BCUT2D eigenvalue weighted by Crippen LogP contribution is 2.06. The Morgan fingerprint density at radius 3 is 2.46 bits per heavy atom. The van der Waals surface area contributed by atoms with Gasteiger partial charge in [0.15, 0.2) is 0 Å². The van der Waals surface area contributed by atoms with Crippen molar-refractivity contribution in [1.82, 2.24) is 0 Å². The molecule has 0 aliphatic rings. The number of allylic oxidation sites excluding steroid dienone is 2. The van der Waals surface area contributed by atoms with E-state index in [-0.39, 0.29) is 0 Å². The zero-order chi connectivity index (χ0) is 9.94. The molecule has 0 aromatic rings. The van der Waals surface area contributed by atoms with Gasteiger partial charge in [0.2, 0.25) is 0 Å². The zero-order valence-electron chi connectivity index (χ0n) is 9.26. The summed E-state index contributed by atoms with van der Waals surface area (Å²) in [6.45, 7) is 4.34. The fourth-order valence-electron chi connectivity index (χ4n) is 1.33. The van der Waals surface area contributed by atoms with Crippen molar-refractivity contribution in [2.75, 3.05) is 0 Å². The predicted octanol–water partition coefficient (Wildman–Crippen LogP) is 3.64. The van der Waals surface area contributed by atoms with Crippen LogP contribution in [0.15, 0.2) is 12.2 Å². The minimum atomic E-state index is 0.436. The Balaban J connectivity index is 3.03. The molecule has 0 fully saturated rings. The maximum absolute atomic E-state index is 5.82. The van der Waals surface area contributed by atoms with Crippen LogP contribution in [0.25, 0.3) is 0 Å². The lowest BCUT2D eigenvalue weighted by molar-refractivity contribution is 0.541. The van der Waals surface area contributed by atoms with Gasteiger partial charge in [-0.1, -0.05) is 38.8 Å². The van der Waals surface area contributed by atoms with Crippen molar-refractivity contribution in [3.05, 3.63) is 12.2 Å². The number of nitrogens with two attached hydrogens (primary N) is 1. The maximum atomic E-state index is 5.82. The molecular weight excluding hydrogens is 158 g/mol. The van der Waals surface area contributed by atoms with E-state index in [9.17, 15) is 0 Å². The second-order valence-corrected chi connectivity index (χ2v) is 3.69. The summed E-state index contributed by atoms with van der Waals surface area (Å²) in [5.74, 6) is 0. The van der Waals surface area contributed by atoms with Crippen molar-refractivity contribution in [3.63, 3.8) is 0 Å². The largest absolute Gasteiger partial charge is 0.328 e. The lowest BCUT2D eigenvalue weighted by atomic mass is 10.1. The molecule has 0 heterocycles. The Labute approximate surface area is 83.4 Å². The first-order chi connectivity index (χ1) is 6.31. The standard InChI is InChI=1S/C12H25N/c1-3-5-6-7-8-9-10-11-12(13)4-2/h5-6,12H,3-4,7-11,13H2,1-2H3/b6-5-. The van der Waals surface area contributed by atoms with E-state index in [1.807, 2.05) is 0 Å². The Bertz CT molecular complexity index is 118. The van der Waals surface area contributed by atoms with Gasteiger partial charge in [0, 0.05) is 6.04 Å². The molecule has 0 amide bonds. The van der Waals surface area contributed by atoms with Gasteiger partial charge in [-0.25, -0.2) is 0 Å². The van der Waals surface area contributed by atoms with Gasteiger partial charge in [-0.2, -0.15) is 0 Å². The average Bonchev–Trinajstić information content (AvgIpc) is 2.16. The Kier molecular flexibility index (Phi) is 9.56. The van der Waals surface area contributed by atoms with Crippen molar-refractivity contribution in [3.8, 4) is 0 Å².